The van der Waals surface area contributed by atoms with Crippen LogP contribution in [-0.2, 0) is 0 Å². The molecule has 3 heteroatoms. The van der Waals surface area contributed by atoms with Gasteiger partial charge in [0.1, 0.15) is 0 Å². The van der Waals surface area contributed by atoms with E-state index in [9.17, 15) is 4.79 Å². The topological polar surface area (TPSA) is 46.3 Å². The van der Waals surface area contributed by atoms with Crippen molar-refractivity contribution >= 4 is 5.91 Å². The number of nitrogens with zero attached hydrogens (tertiary/aromatic N) is 1. The van der Waals surface area contributed by atoms with Crippen molar-refractivity contribution in [3.8, 4) is 0 Å². The normalized spacial score (nSPS) is 19.5. The maximum atomic E-state index is 12.8. The van der Waals surface area contributed by atoms with Crippen molar-refractivity contribution in [2.24, 2.45) is 5.73 Å². The molecule has 104 valence electrons. The van der Waals surface area contributed by atoms with Gasteiger partial charge in [0.05, 0.1) is 0 Å². The first kappa shape index (κ1) is 14.1. The summed E-state index contributed by atoms with van der Waals surface area (Å²) >= 11 is 0. The third kappa shape index (κ3) is 2.98. The second kappa shape index (κ2) is 6.20. The van der Waals surface area contributed by atoms with Gasteiger partial charge in [0, 0.05) is 18.2 Å². The Morgan fingerprint density at radius 2 is 2.00 bits per heavy atom. The van der Waals surface area contributed by atoms with Crippen molar-refractivity contribution in [3.63, 3.8) is 0 Å². The van der Waals surface area contributed by atoms with Gasteiger partial charge in [-0.1, -0.05) is 18.2 Å². The van der Waals surface area contributed by atoms with Crippen molar-refractivity contribution in [2.75, 3.05) is 13.1 Å². The fraction of sp³-hybridized carbons (Fsp3) is 0.562. The van der Waals surface area contributed by atoms with E-state index in [-0.39, 0.29) is 5.91 Å². The van der Waals surface area contributed by atoms with Crippen LogP contribution in [0.4, 0.5) is 0 Å². The highest BCUT2D eigenvalue weighted by atomic mass is 16.2. The number of piperidine rings is 1. The minimum absolute atomic E-state index is 0.189. The summed E-state index contributed by atoms with van der Waals surface area (Å²) in [4.78, 5) is 14.9. The van der Waals surface area contributed by atoms with E-state index >= 15 is 0 Å². The highest BCUT2D eigenvalue weighted by Crippen LogP contribution is 2.24. The minimum atomic E-state index is 0.189. The van der Waals surface area contributed by atoms with E-state index in [0.29, 0.717) is 12.6 Å². The Bertz CT molecular complexity index is 434. The minimum Gasteiger partial charge on any atom is -0.336 e. The van der Waals surface area contributed by atoms with E-state index in [2.05, 4.69) is 0 Å². The number of hydrogen-bond acceptors (Lipinski definition) is 2. The molecular weight excluding hydrogens is 236 g/mol. The molecule has 1 unspecified atom stereocenters. The second-order valence-electron chi connectivity index (χ2n) is 5.49. The Kier molecular flexibility index (Phi) is 4.59. The molecule has 0 bridgehead atoms. The van der Waals surface area contributed by atoms with Crippen LogP contribution in [0, 0.1) is 13.8 Å². The quantitative estimate of drug-likeness (QED) is 0.908. The molecule has 1 aliphatic heterocycles. The van der Waals surface area contributed by atoms with Crippen molar-refractivity contribution in [1.29, 1.82) is 0 Å². The summed E-state index contributed by atoms with van der Waals surface area (Å²) in [6.07, 6.45) is 4.32. The number of carbonyl (C=O) groups is 1. The third-order valence-electron chi connectivity index (χ3n) is 4.08. The number of likely N-dealkylation sites (tertiary alicyclic amines) is 1. The first-order valence-electron chi connectivity index (χ1n) is 7.22. The van der Waals surface area contributed by atoms with Crippen molar-refractivity contribution in [1.82, 2.24) is 4.90 Å². The van der Waals surface area contributed by atoms with E-state index in [1.807, 2.05) is 36.9 Å². The number of nitrogens with two attached hydrogens (primary N) is 1. The molecule has 0 aliphatic carbocycles. The van der Waals surface area contributed by atoms with Crippen LogP contribution in [0.3, 0.4) is 0 Å². The van der Waals surface area contributed by atoms with E-state index in [4.69, 9.17) is 5.73 Å². The summed E-state index contributed by atoms with van der Waals surface area (Å²) < 4.78 is 0. The van der Waals surface area contributed by atoms with E-state index in [0.717, 1.165) is 42.5 Å². The van der Waals surface area contributed by atoms with Crippen molar-refractivity contribution in [2.45, 2.75) is 45.6 Å². The Hall–Kier alpha value is -1.35. The lowest BCUT2D eigenvalue weighted by Crippen LogP contribution is -2.45. The molecular formula is C16H24N2O. The van der Waals surface area contributed by atoms with Gasteiger partial charge in [0.25, 0.3) is 5.91 Å². The van der Waals surface area contributed by atoms with Crippen molar-refractivity contribution < 1.29 is 4.79 Å². The zero-order valence-corrected chi connectivity index (χ0v) is 12.0. The molecule has 1 atom stereocenters. The Morgan fingerprint density at radius 1 is 1.32 bits per heavy atom. The Morgan fingerprint density at radius 3 is 2.63 bits per heavy atom. The monoisotopic (exact) mass is 260 g/mol. The molecule has 1 saturated heterocycles. The first-order chi connectivity index (χ1) is 9.15. The summed E-state index contributed by atoms with van der Waals surface area (Å²) in [6.45, 7) is 5.56. The summed E-state index contributed by atoms with van der Waals surface area (Å²) in [7, 11) is 0. The largest absolute Gasteiger partial charge is 0.336 e. The summed E-state index contributed by atoms with van der Waals surface area (Å²) in [6, 6.07) is 6.37. The highest BCUT2D eigenvalue weighted by Gasteiger charge is 2.28. The average molecular weight is 260 g/mol. The fourth-order valence-electron chi connectivity index (χ4n) is 3.06. The third-order valence-corrected chi connectivity index (χ3v) is 4.08. The number of hydrogen-bond donors (Lipinski definition) is 1. The van der Waals surface area contributed by atoms with E-state index < -0.39 is 0 Å². The molecule has 1 heterocycles. The van der Waals surface area contributed by atoms with E-state index in [1.165, 1.54) is 6.42 Å². The van der Waals surface area contributed by atoms with Crippen LogP contribution < -0.4 is 5.73 Å². The molecule has 2 N–H and O–H groups in total. The van der Waals surface area contributed by atoms with Gasteiger partial charge < -0.3 is 10.6 Å². The molecule has 0 radical (unpaired) electrons. The molecule has 3 nitrogen and oxygen atoms in total. The lowest BCUT2D eigenvalue weighted by atomic mass is 9.95. The van der Waals surface area contributed by atoms with Gasteiger partial charge in [-0.3, -0.25) is 4.79 Å². The summed E-state index contributed by atoms with van der Waals surface area (Å²) in [5, 5.41) is 0. The number of rotatable bonds is 3. The number of aryl methyl sites for hydroxylation is 2. The number of carbonyl (C=O) groups excluding carboxylic acids is 1. The Labute approximate surface area is 115 Å². The van der Waals surface area contributed by atoms with Gasteiger partial charge in [0.15, 0.2) is 0 Å². The summed E-state index contributed by atoms with van der Waals surface area (Å²) in [5.74, 6) is 0.189. The second-order valence-corrected chi connectivity index (χ2v) is 5.49. The smallest absolute Gasteiger partial charge is 0.254 e. The zero-order valence-electron chi connectivity index (χ0n) is 12.0. The van der Waals surface area contributed by atoms with E-state index in [1.54, 1.807) is 0 Å². The maximum Gasteiger partial charge on any atom is 0.254 e. The van der Waals surface area contributed by atoms with Gasteiger partial charge in [-0.2, -0.15) is 0 Å². The predicted molar refractivity (Wildman–Crippen MR) is 78.3 cm³/mol. The molecule has 1 aromatic carbocycles. The van der Waals surface area contributed by atoms with Gasteiger partial charge >= 0.3 is 0 Å². The van der Waals surface area contributed by atoms with Gasteiger partial charge in [-0.15, -0.1) is 0 Å². The molecule has 19 heavy (non-hydrogen) atoms. The van der Waals surface area contributed by atoms with Gasteiger partial charge in [-0.25, -0.2) is 0 Å². The number of amides is 1. The lowest BCUT2D eigenvalue weighted by Gasteiger charge is -2.36. The molecule has 1 fully saturated rings. The predicted octanol–water partition coefficient (Wildman–Crippen LogP) is 2.65. The van der Waals surface area contributed by atoms with Crippen LogP contribution in [0.2, 0.25) is 0 Å². The molecule has 0 spiro atoms. The molecule has 2 rings (SSSR count). The lowest BCUT2D eigenvalue weighted by molar-refractivity contribution is 0.0603. The Balaban J connectivity index is 2.26. The average Bonchev–Trinajstić information content (AvgIpc) is 2.39. The SMILES string of the molecule is Cc1cccc(C)c1C(=O)N1CCCCC1CCN. The standard InChI is InChI=1S/C16H24N2O/c1-12-6-5-7-13(2)15(12)16(19)18-11-4-3-8-14(18)9-10-17/h5-7,14H,3-4,8-11,17H2,1-2H3. The van der Waals surface area contributed by atoms with Crippen LogP contribution >= 0.6 is 0 Å². The van der Waals surface area contributed by atoms with Gasteiger partial charge in [0.2, 0.25) is 0 Å². The van der Waals surface area contributed by atoms with Crippen molar-refractivity contribution in [3.05, 3.63) is 34.9 Å². The summed E-state index contributed by atoms with van der Waals surface area (Å²) in [5.41, 5.74) is 8.71. The van der Waals surface area contributed by atoms with Crippen LogP contribution in [0.25, 0.3) is 0 Å². The first-order valence-corrected chi connectivity index (χ1v) is 7.22. The van der Waals surface area contributed by atoms with Gasteiger partial charge in [-0.05, 0) is 57.2 Å². The molecule has 1 amide bonds. The van der Waals surface area contributed by atoms with Crippen LogP contribution in [0.5, 0.6) is 0 Å². The van der Waals surface area contributed by atoms with Crippen LogP contribution in [0.15, 0.2) is 18.2 Å². The fourth-order valence-corrected chi connectivity index (χ4v) is 3.06. The zero-order chi connectivity index (χ0) is 13.8. The van der Waals surface area contributed by atoms with Crippen LogP contribution in [-0.4, -0.2) is 29.9 Å². The molecule has 1 aliphatic rings. The molecule has 1 aromatic rings. The maximum absolute atomic E-state index is 12.8. The molecule has 0 aromatic heterocycles. The highest BCUT2D eigenvalue weighted by molar-refractivity contribution is 5.97. The van der Waals surface area contributed by atoms with Crippen LogP contribution in [0.1, 0.15) is 47.2 Å². The number of benzene rings is 1. The molecule has 0 saturated carbocycles.